The van der Waals surface area contributed by atoms with Crippen LogP contribution < -0.4 is 19.7 Å². The molecular weight excluding hydrogens is 366 g/mol. The van der Waals surface area contributed by atoms with Gasteiger partial charge in [-0.1, -0.05) is 18.7 Å². The molecule has 1 aromatic heterocycles. The Bertz CT molecular complexity index is 856. The molecule has 1 N–H and O–H groups in total. The first kappa shape index (κ1) is 20.5. The van der Waals surface area contributed by atoms with Crippen molar-refractivity contribution in [3.8, 4) is 11.5 Å². The lowest BCUT2D eigenvalue weighted by Crippen LogP contribution is -2.29. The highest BCUT2D eigenvalue weighted by Gasteiger charge is 2.11. The number of ether oxygens (including phenoxy) is 2. The Morgan fingerprint density at radius 2 is 2.03 bits per heavy atom. The van der Waals surface area contributed by atoms with Gasteiger partial charge >= 0.3 is 0 Å². The molecule has 152 valence electrons. The molecule has 29 heavy (non-hydrogen) atoms. The summed E-state index contributed by atoms with van der Waals surface area (Å²) in [6.07, 6.45) is 10.4. The topological polar surface area (TPSA) is 63.7 Å². The highest BCUT2D eigenvalue weighted by Crippen LogP contribution is 2.28. The predicted octanol–water partition coefficient (Wildman–Crippen LogP) is 4.30. The number of rotatable bonds is 8. The van der Waals surface area contributed by atoms with Crippen LogP contribution in [-0.2, 0) is 4.79 Å². The Labute approximate surface area is 171 Å². The Hall–Kier alpha value is -3.28. The van der Waals surface area contributed by atoms with E-state index in [1.165, 1.54) is 25.3 Å². The van der Waals surface area contributed by atoms with Crippen molar-refractivity contribution in [1.82, 2.24) is 4.98 Å². The maximum Gasteiger partial charge on any atom is 0.249 e. The highest BCUT2D eigenvalue weighted by molar-refractivity contribution is 6.01. The summed E-state index contributed by atoms with van der Waals surface area (Å²) < 4.78 is 10.9. The monoisotopic (exact) mass is 393 g/mol. The molecule has 2 aromatic rings. The molecule has 1 aliphatic rings. The van der Waals surface area contributed by atoms with Crippen LogP contribution in [0.15, 0.2) is 55.3 Å². The maximum absolute atomic E-state index is 12.2. The van der Waals surface area contributed by atoms with Gasteiger partial charge in [-0.3, -0.25) is 4.79 Å². The molecule has 0 aliphatic carbocycles. The molecule has 0 unspecified atom stereocenters. The van der Waals surface area contributed by atoms with E-state index in [1.807, 2.05) is 30.5 Å². The van der Waals surface area contributed by atoms with Gasteiger partial charge in [-0.05, 0) is 55.2 Å². The molecule has 1 aromatic carbocycles. The molecule has 1 amide bonds. The second kappa shape index (κ2) is 10.3. The van der Waals surface area contributed by atoms with Gasteiger partial charge in [-0.25, -0.2) is 4.98 Å². The number of anilines is 2. The first-order valence-electron chi connectivity index (χ1n) is 9.81. The lowest BCUT2D eigenvalue weighted by atomic mass is 10.1. The maximum atomic E-state index is 12.2. The molecule has 0 radical (unpaired) electrons. The SMILES string of the molecule is C=CCOc1ccc(/C=C/C(=O)Nc2ccc(N3CCCCC3)cn2)cc1OC. The average Bonchev–Trinajstić information content (AvgIpc) is 2.77. The number of pyridine rings is 1. The third-order valence-corrected chi connectivity index (χ3v) is 4.69. The van der Waals surface area contributed by atoms with Gasteiger partial charge in [-0.15, -0.1) is 0 Å². The molecule has 3 rings (SSSR count). The van der Waals surface area contributed by atoms with Crippen LogP contribution in [0.2, 0.25) is 0 Å². The van der Waals surface area contributed by atoms with Crippen molar-refractivity contribution < 1.29 is 14.3 Å². The fourth-order valence-electron chi connectivity index (χ4n) is 3.19. The number of methoxy groups -OCH3 is 1. The molecule has 6 nitrogen and oxygen atoms in total. The zero-order chi connectivity index (χ0) is 20.5. The first-order chi connectivity index (χ1) is 14.2. The third kappa shape index (κ3) is 5.85. The molecule has 0 atom stereocenters. The predicted molar refractivity (Wildman–Crippen MR) is 117 cm³/mol. The van der Waals surface area contributed by atoms with E-state index < -0.39 is 0 Å². The van der Waals surface area contributed by atoms with E-state index >= 15 is 0 Å². The summed E-state index contributed by atoms with van der Waals surface area (Å²) in [6.45, 7) is 6.16. The van der Waals surface area contributed by atoms with E-state index in [0.29, 0.717) is 23.9 Å². The summed E-state index contributed by atoms with van der Waals surface area (Å²) in [6, 6.07) is 9.32. The number of aromatic nitrogens is 1. The molecule has 6 heteroatoms. The van der Waals surface area contributed by atoms with Crippen molar-refractivity contribution in [2.45, 2.75) is 19.3 Å². The molecule has 0 spiro atoms. The number of benzene rings is 1. The van der Waals surface area contributed by atoms with Crippen molar-refractivity contribution in [2.24, 2.45) is 0 Å². The van der Waals surface area contributed by atoms with E-state index in [9.17, 15) is 4.79 Å². The van der Waals surface area contributed by atoms with Gasteiger partial charge in [0.1, 0.15) is 12.4 Å². The smallest absolute Gasteiger partial charge is 0.249 e. The van der Waals surface area contributed by atoms with Crippen molar-refractivity contribution in [3.05, 3.63) is 60.8 Å². The fourth-order valence-corrected chi connectivity index (χ4v) is 3.19. The second-order valence-electron chi connectivity index (χ2n) is 6.78. The minimum Gasteiger partial charge on any atom is -0.493 e. The Morgan fingerprint density at radius 1 is 1.21 bits per heavy atom. The number of hydrogen-bond donors (Lipinski definition) is 1. The van der Waals surface area contributed by atoms with Gasteiger partial charge in [0.05, 0.1) is 19.0 Å². The molecule has 1 fully saturated rings. The van der Waals surface area contributed by atoms with Crippen LogP contribution in [0, 0.1) is 0 Å². The lowest BCUT2D eigenvalue weighted by molar-refractivity contribution is -0.111. The Kier molecular flexibility index (Phi) is 7.28. The van der Waals surface area contributed by atoms with Crippen LogP contribution in [0.3, 0.4) is 0 Å². The molecule has 1 aliphatic heterocycles. The van der Waals surface area contributed by atoms with E-state index in [2.05, 4.69) is 21.8 Å². The van der Waals surface area contributed by atoms with E-state index in [0.717, 1.165) is 24.3 Å². The van der Waals surface area contributed by atoms with E-state index in [1.54, 1.807) is 25.3 Å². The largest absolute Gasteiger partial charge is 0.493 e. The van der Waals surface area contributed by atoms with Gasteiger partial charge < -0.3 is 19.7 Å². The number of hydrogen-bond acceptors (Lipinski definition) is 5. The van der Waals surface area contributed by atoms with Crippen molar-refractivity contribution in [1.29, 1.82) is 0 Å². The quantitative estimate of drug-likeness (QED) is 0.535. The zero-order valence-electron chi connectivity index (χ0n) is 16.8. The highest BCUT2D eigenvalue weighted by atomic mass is 16.5. The van der Waals surface area contributed by atoms with Crippen LogP contribution >= 0.6 is 0 Å². The summed E-state index contributed by atoms with van der Waals surface area (Å²) in [5, 5.41) is 2.79. The standard InChI is InChI=1S/C23H27N3O3/c1-3-15-29-20-10-7-18(16-21(20)28-2)8-12-23(27)25-22-11-9-19(17-24-22)26-13-5-4-6-14-26/h3,7-12,16-17H,1,4-6,13-15H2,2H3,(H,24,25,27)/b12-8+. The summed E-state index contributed by atoms with van der Waals surface area (Å²) in [7, 11) is 1.58. The van der Waals surface area contributed by atoms with Crippen LogP contribution in [0.5, 0.6) is 11.5 Å². The lowest BCUT2D eigenvalue weighted by Gasteiger charge is -2.28. The van der Waals surface area contributed by atoms with Crippen molar-refractivity contribution in [2.75, 3.05) is 37.0 Å². The average molecular weight is 393 g/mol. The number of nitrogens with zero attached hydrogens (tertiary/aromatic N) is 2. The van der Waals surface area contributed by atoms with Gasteiger partial charge in [0.15, 0.2) is 11.5 Å². The summed E-state index contributed by atoms with van der Waals surface area (Å²) >= 11 is 0. The third-order valence-electron chi connectivity index (χ3n) is 4.69. The van der Waals surface area contributed by atoms with Crippen LogP contribution in [-0.4, -0.2) is 37.7 Å². The summed E-state index contributed by atoms with van der Waals surface area (Å²) in [4.78, 5) is 18.9. The minimum absolute atomic E-state index is 0.242. The summed E-state index contributed by atoms with van der Waals surface area (Å²) in [5.41, 5.74) is 1.93. The van der Waals surface area contributed by atoms with Gasteiger partial charge in [0.25, 0.3) is 0 Å². The minimum atomic E-state index is -0.242. The number of nitrogens with one attached hydrogen (secondary N) is 1. The molecular formula is C23H27N3O3. The van der Waals surface area contributed by atoms with Gasteiger partial charge in [0.2, 0.25) is 5.91 Å². The molecule has 1 saturated heterocycles. The summed E-state index contributed by atoms with van der Waals surface area (Å²) in [5.74, 6) is 1.52. The van der Waals surface area contributed by atoms with Crippen molar-refractivity contribution >= 4 is 23.5 Å². The van der Waals surface area contributed by atoms with Crippen LogP contribution in [0.4, 0.5) is 11.5 Å². The van der Waals surface area contributed by atoms with Crippen LogP contribution in [0.1, 0.15) is 24.8 Å². The van der Waals surface area contributed by atoms with E-state index in [-0.39, 0.29) is 5.91 Å². The van der Waals surface area contributed by atoms with Gasteiger partial charge in [-0.2, -0.15) is 0 Å². The van der Waals surface area contributed by atoms with E-state index in [4.69, 9.17) is 9.47 Å². The molecule has 0 bridgehead atoms. The normalized spacial score (nSPS) is 13.9. The number of carbonyl (C=O) groups excluding carboxylic acids is 1. The Morgan fingerprint density at radius 3 is 2.72 bits per heavy atom. The number of carbonyl (C=O) groups is 1. The zero-order valence-corrected chi connectivity index (χ0v) is 16.8. The molecule has 0 saturated carbocycles. The second-order valence-corrected chi connectivity index (χ2v) is 6.78. The van der Waals surface area contributed by atoms with Crippen molar-refractivity contribution in [3.63, 3.8) is 0 Å². The van der Waals surface area contributed by atoms with Crippen LogP contribution in [0.25, 0.3) is 6.08 Å². The first-order valence-corrected chi connectivity index (χ1v) is 9.81. The number of piperidine rings is 1. The fraction of sp³-hybridized carbons (Fsp3) is 0.304. The number of amides is 1. The van der Waals surface area contributed by atoms with Gasteiger partial charge in [0, 0.05) is 19.2 Å². The Balaban J connectivity index is 1.58. The molecule has 2 heterocycles.